The second-order valence-electron chi connectivity index (χ2n) is 3.87. The molecule has 1 unspecified atom stereocenters. The Hall–Kier alpha value is -1.16. The minimum Gasteiger partial charge on any atom is -0.341 e. The minimum atomic E-state index is -0.441. The summed E-state index contributed by atoms with van der Waals surface area (Å²) in [4.78, 5) is 13.4. The van der Waals surface area contributed by atoms with E-state index >= 15 is 0 Å². The summed E-state index contributed by atoms with van der Waals surface area (Å²) in [6.45, 7) is 1.07. The summed E-state index contributed by atoms with van der Waals surface area (Å²) in [5.41, 5.74) is 5.68. The summed E-state index contributed by atoms with van der Waals surface area (Å²) in [6.07, 6.45) is 9.41. The van der Waals surface area contributed by atoms with E-state index in [9.17, 15) is 9.18 Å². The van der Waals surface area contributed by atoms with Crippen LogP contribution in [0.3, 0.4) is 0 Å². The first-order valence-electron chi connectivity index (χ1n) is 5.67. The molecule has 0 bridgehead atoms. The zero-order chi connectivity index (χ0) is 11.8. The average molecular weight is 226 g/mol. The number of allylic oxidation sites excluding steroid dienone is 3. The first-order chi connectivity index (χ1) is 7.75. The quantitative estimate of drug-likeness (QED) is 0.720. The van der Waals surface area contributed by atoms with Crippen LogP contribution in [0.2, 0.25) is 0 Å². The molecule has 3 nitrogen and oxygen atoms in total. The lowest BCUT2D eigenvalue weighted by Gasteiger charge is -2.30. The molecule has 0 saturated carbocycles. The highest BCUT2D eigenvalue weighted by molar-refractivity contribution is 5.82. The van der Waals surface area contributed by atoms with Crippen molar-refractivity contribution in [2.24, 2.45) is 5.73 Å². The highest BCUT2D eigenvalue weighted by Gasteiger charge is 2.24. The van der Waals surface area contributed by atoms with Crippen molar-refractivity contribution >= 4 is 5.91 Å². The number of likely N-dealkylation sites (tertiary alicyclic amines) is 1. The molecule has 0 aromatic rings. The first kappa shape index (κ1) is 12.9. The van der Waals surface area contributed by atoms with Crippen molar-refractivity contribution in [3.63, 3.8) is 0 Å². The fourth-order valence-electron chi connectivity index (χ4n) is 1.73. The van der Waals surface area contributed by atoms with E-state index in [1.54, 1.807) is 17.1 Å². The summed E-state index contributed by atoms with van der Waals surface area (Å²) in [7, 11) is 0. The van der Waals surface area contributed by atoms with Crippen molar-refractivity contribution in [3.05, 3.63) is 24.3 Å². The highest BCUT2D eigenvalue weighted by atomic mass is 19.1. The van der Waals surface area contributed by atoms with Crippen LogP contribution in [0.4, 0.5) is 4.39 Å². The number of rotatable bonds is 5. The van der Waals surface area contributed by atoms with E-state index in [1.807, 2.05) is 6.08 Å². The SMILES string of the molecule is NC1CCCN(CC/C=C\C=C/CF)C1=O. The molecule has 4 heteroatoms. The van der Waals surface area contributed by atoms with Gasteiger partial charge in [0, 0.05) is 13.1 Å². The van der Waals surface area contributed by atoms with Gasteiger partial charge < -0.3 is 10.6 Å². The van der Waals surface area contributed by atoms with Crippen LogP contribution in [0.5, 0.6) is 0 Å². The van der Waals surface area contributed by atoms with Crippen molar-refractivity contribution in [2.75, 3.05) is 19.8 Å². The Morgan fingerprint density at radius 1 is 1.44 bits per heavy atom. The van der Waals surface area contributed by atoms with Crippen molar-refractivity contribution in [2.45, 2.75) is 25.3 Å². The summed E-state index contributed by atoms with van der Waals surface area (Å²) in [6, 6.07) is -0.316. The van der Waals surface area contributed by atoms with Gasteiger partial charge in [-0.05, 0) is 19.3 Å². The molecule has 1 rings (SSSR count). The van der Waals surface area contributed by atoms with Crippen molar-refractivity contribution in [3.8, 4) is 0 Å². The molecular formula is C12H19FN2O. The standard InChI is InChI=1S/C12H19FN2O/c13-8-4-2-1-3-5-9-15-10-6-7-11(14)12(15)16/h1-4,11H,5-10,14H2/b3-1-,4-2-. The number of piperidine rings is 1. The lowest BCUT2D eigenvalue weighted by molar-refractivity contribution is -0.134. The maximum atomic E-state index is 11.7. The van der Waals surface area contributed by atoms with Gasteiger partial charge in [-0.15, -0.1) is 0 Å². The Morgan fingerprint density at radius 3 is 2.94 bits per heavy atom. The Morgan fingerprint density at radius 2 is 2.19 bits per heavy atom. The van der Waals surface area contributed by atoms with Gasteiger partial charge in [0.2, 0.25) is 5.91 Å². The van der Waals surface area contributed by atoms with Gasteiger partial charge >= 0.3 is 0 Å². The average Bonchev–Trinajstić information content (AvgIpc) is 2.29. The summed E-state index contributed by atoms with van der Waals surface area (Å²) < 4.78 is 11.7. The second kappa shape index (κ2) is 7.17. The van der Waals surface area contributed by atoms with Crippen molar-refractivity contribution in [1.29, 1.82) is 0 Å². The second-order valence-corrected chi connectivity index (χ2v) is 3.87. The Balaban J connectivity index is 2.24. The Bertz CT molecular complexity index is 276. The third-order valence-electron chi connectivity index (χ3n) is 2.61. The zero-order valence-electron chi connectivity index (χ0n) is 9.44. The molecule has 0 aromatic heterocycles. The third kappa shape index (κ3) is 4.14. The third-order valence-corrected chi connectivity index (χ3v) is 2.61. The van der Waals surface area contributed by atoms with Crippen LogP contribution in [0.25, 0.3) is 0 Å². The van der Waals surface area contributed by atoms with Gasteiger partial charge in [-0.3, -0.25) is 4.79 Å². The largest absolute Gasteiger partial charge is 0.341 e. The highest BCUT2D eigenvalue weighted by Crippen LogP contribution is 2.10. The predicted molar refractivity (Wildman–Crippen MR) is 62.7 cm³/mol. The van der Waals surface area contributed by atoms with E-state index in [0.29, 0.717) is 6.54 Å². The predicted octanol–water partition coefficient (Wildman–Crippen LogP) is 1.41. The monoisotopic (exact) mass is 226 g/mol. The van der Waals surface area contributed by atoms with Gasteiger partial charge in [0.25, 0.3) is 0 Å². The van der Waals surface area contributed by atoms with Crippen LogP contribution >= 0.6 is 0 Å². The fraction of sp³-hybridized carbons (Fsp3) is 0.583. The van der Waals surface area contributed by atoms with Gasteiger partial charge in [0.15, 0.2) is 0 Å². The van der Waals surface area contributed by atoms with Crippen LogP contribution in [0.15, 0.2) is 24.3 Å². The number of amides is 1. The Labute approximate surface area is 95.8 Å². The molecule has 90 valence electrons. The molecule has 1 saturated heterocycles. The molecule has 1 atom stereocenters. The van der Waals surface area contributed by atoms with Crippen LogP contribution in [0, 0.1) is 0 Å². The lowest BCUT2D eigenvalue weighted by Crippen LogP contribution is -2.48. The van der Waals surface area contributed by atoms with E-state index < -0.39 is 6.67 Å². The molecule has 0 aliphatic carbocycles. The van der Waals surface area contributed by atoms with Crippen LogP contribution in [-0.2, 0) is 4.79 Å². The van der Waals surface area contributed by atoms with Crippen molar-refractivity contribution in [1.82, 2.24) is 4.90 Å². The summed E-state index contributed by atoms with van der Waals surface area (Å²) >= 11 is 0. The van der Waals surface area contributed by atoms with Gasteiger partial charge in [0.1, 0.15) is 6.67 Å². The lowest BCUT2D eigenvalue weighted by atomic mass is 10.1. The number of nitrogens with two attached hydrogens (primary N) is 1. The smallest absolute Gasteiger partial charge is 0.239 e. The normalized spacial score (nSPS) is 22.5. The number of hydrogen-bond donors (Lipinski definition) is 1. The molecule has 1 aliphatic rings. The van der Waals surface area contributed by atoms with E-state index in [0.717, 1.165) is 25.8 Å². The van der Waals surface area contributed by atoms with Gasteiger partial charge in [-0.2, -0.15) is 0 Å². The summed E-state index contributed by atoms with van der Waals surface area (Å²) in [5, 5.41) is 0. The van der Waals surface area contributed by atoms with E-state index in [-0.39, 0.29) is 11.9 Å². The molecule has 1 fully saturated rings. The molecule has 2 N–H and O–H groups in total. The number of alkyl halides is 1. The van der Waals surface area contributed by atoms with E-state index in [1.165, 1.54) is 6.08 Å². The number of hydrogen-bond acceptors (Lipinski definition) is 2. The van der Waals surface area contributed by atoms with Gasteiger partial charge in [-0.25, -0.2) is 4.39 Å². The van der Waals surface area contributed by atoms with Gasteiger partial charge in [-0.1, -0.05) is 24.3 Å². The maximum Gasteiger partial charge on any atom is 0.239 e. The number of carbonyl (C=O) groups is 1. The molecule has 1 heterocycles. The van der Waals surface area contributed by atoms with Gasteiger partial charge in [0.05, 0.1) is 6.04 Å². The molecule has 0 spiro atoms. The maximum absolute atomic E-state index is 11.7. The molecular weight excluding hydrogens is 207 g/mol. The zero-order valence-corrected chi connectivity index (χ0v) is 9.44. The summed E-state index contributed by atoms with van der Waals surface area (Å²) in [5.74, 6) is 0.0546. The van der Waals surface area contributed by atoms with Crippen LogP contribution in [-0.4, -0.2) is 36.6 Å². The number of nitrogens with zero attached hydrogens (tertiary/aromatic N) is 1. The molecule has 0 aromatic carbocycles. The minimum absolute atomic E-state index is 0.0546. The number of carbonyl (C=O) groups excluding carboxylic acids is 1. The molecule has 0 radical (unpaired) electrons. The first-order valence-corrected chi connectivity index (χ1v) is 5.67. The topological polar surface area (TPSA) is 46.3 Å². The van der Waals surface area contributed by atoms with Crippen molar-refractivity contribution < 1.29 is 9.18 Å². The fourth-order valence-corrected chi connectivity index (χ4v) is 1.73. The molecule has 16 heavy (non-hydrogen) atoms. The molecule has 1 amide bonds. The van der Waals surface area contributed by atoms with E-state index in [4.69, 9.17) is 5.73 Å². The Kier molecular flexibility index (Phi) is 5.78. The molecule has 1 aliphatic heterocycles. The number of halogens is 1. The van der Waals surface area contributed by atoms with Crippen LogP contribution in [0.1, 0.15) is 19.3 Å². The van der Waals surface area contributed by atoms with E-state index in [2.05, 4.69) is 0 Å². The van der Waals surface area contributed by atoms with Crippen LogP contribution < -0.4 is 5.73 Å².